The minimum absolute atomic E-state index is 0.133. The number of amides is 2. The predicted octanol–water partition coefficient (Wildman–Crippen LogP) is 2.96. The summed E-state index contributed by atoms with van der Waals surface area (Å²) in [5.74, 6) is -0.771. The smallest absolute Gasteiger partial charge is 0.243 e. The van der Waals surface area contributed by atoms with Crippen LogP contribution in [0.3, 0.4) is 0 Å². The second-order valence-corrected chi connectivity index (χ2v) is 6.08. The SMILES string of the molecule is O=C1CC[C@H](C(=O)N[C@H](c2ccc(F)cc2)c2ccccc2Cl)N1. The zero-order valence-electron chi connectivity index (χ0n) is 12.8. The molecule has 0 spiro atoms. The summed E-state index contributed by atoms with van der Waals surface area (Å²) in [5.41, 5.74) is 1.42. The van der Waals surface area contributed by atoms with Gasteiger partial charge in [-0.05, 0) is 35.7 Å². The standard InChI is InChI=1S/C18H16ClFN2O2/c19-14-4-2-1-3-13(14)17(11-5-7-12(20)8-6-11)22-18(24)15-9-10-16(23)21-15/h1-8,15,17H,9-10H2,(H,21,23)(H,22,24)/t15-,17-/m1/s1. The van der Waals surface area contributed by atoms with Crippen molar-refractivity contribution in [3.8, 4) is 0 Å². The van der Waals surface area contributed by atoms with Crippen molar-refractivity contribution >= 4 is 23.4 Å². The molecule has 0 saturated carbocycles. The largest absolute Gasteiger partial charge is 0.344 e. The predicted molar refractivity (Wildman–Crippen MR) is 89.0 cm³/mol. The summed E-state index contributed by atoms with van der Waals surface area (Å²) in [6, 6.07) is 12.0. The van der Waals surface area contributed by atoms with Crippen molar-refractivity contribution in [1.29, 1.82) is 0 Å². The fraction of sp³-hybridized carbons (Fsp3) is 0.222. The van der Waals surface area contributed by atoms with Gasteiger partial charge < -0.3 is 10.6 Å². The van der Waals surface area contributed by atoms with Gasteiger partial charge in [0, 0.05) is 11.4 Å². The molecule has 1 aliphatic heterocycles. The van der Waals surface area contributed by atoms with Crippen LogP contribution in [-0.2, 0) is 9.59 Å². The van der Waals surface area contributed by atoms with Gasteiger partial charge in [0.25, 0.3) is 0 Å². The van der Waals surface area contributed by atoms with Crippen molar-refractivity contribution < 1.29 is 14.0 Å². The highest BCUT2D eigenvalue weighted by molar-refractivity contribution is 6.31. The third-order valence-electron chi connectivity index (χ3n) is 4.02. The molecule has 124 valence electrons. The Hall–Kier alpha value is -2.40. The molecule has 1 fully saturated rings. The molecule has 24 heavy (non-hydrogen) atoms. The average molecular weight is 347 g/mol. The van der Waals surface area contributed by atoms with Crippen molar-refractivity contribution in [3.05, 3.63) is 70.5 Å². The van der Waals surface area contributed by atoms with E-state index in [2.05, 4.69) is 10.6 Å². The van der Waals surface area contributed by atoms with Gasteiger partial charge in [-0.15, -0.1) is 0 Å². The first-order valence-electron chi connectivity index (χ1n) is 7.64. The number of hydrogen-bond acceptors (Lipinski definition) is 2. The van der Waals surface area contributed by atoms with Crippen molar-refractivity contribution in [2.24, 2.45) is 0 Å². The molecule has 0 radical (unpaired) electrons. The van der Waals surface area contributed by atoms with E-state index in [9.17, 15) is 14.0 Å². The Bertz CT molecular complexity index is 764. The maximum absolute atomic E-state index is 13.2. The first kappa shape index (κ1) is 16.5. The lowest BCUT2D eigenvalue weighted by Crippen LogP contribution is -2.43. The Labute approximate surface area is 144 Å². The summed E-state index contributed by atoms with van der Waals surface area (Å²) in [6.07, 6.45) is 0.800. The summed E-state index contributed by atoms with van der Waals surface area (Å²) in [5, 5.41) is 6.06. The zero-order chi connectivity index (χ0) is 17.1. The Morgan fingerprint density at radius 1 is 1.21 bits per heavy atom. The van der Waals surface area contributed by atoms with Crippen LogP contribution in [0.2, 0.25) is 5.02 Å². The van der Waals surface area contributed by atoms with Crippen LogP contribution in [0, 0.1) is 5.82 Å². The first-order chi connectivity index (χ1) is 11.5. The summed E-state index contributed by atoms with van der Waals surface area (Å²) in [4.78, 5) is 23.8. The lowest BCUT2D eigenvalue weighted by molar-refractivity contribution is -0.126. The number of carbonyl (C=O) groups is 2. The van der Waals surface area contributed by atoms with Gasteiger partial charge in [-0.25, -0.2) is 4.39 Å². The van der Waals surface area contributed by atoms with Gasteiger partial charge >= 0.3 is 0 Å². The number of carbonyl (C=O) groups excluding carboxylic acids is 2. The molecule has 0 bridgehead atoms. The maximum atomic E-state index is 13.2. The van der Waals surface area contributed by atoms with E-state index >= 15 is 0 Å². The minimum Gasteiger partial charge on any atom is -0.344 e. The molecule has 2 aromatic rings. The quantitative estimate of drug-likeness (QED) is 0.894. The van der Waals surface area contributed by atoms with Crippen LogP contribution in [0.15, 0.2) is 48.5 Å². The second-order valence-electron chi connectivity index (χ2n) is 5.67. The Morgan fingerprint density at radius 3 is 2.54 bits per heavy atom. The molecule has 1 aliphatic rings. The van der Waals surface area contributed by atoms with Gasteiger partial charge in [-0.2, -0.15) is 0 Å². The number of halogens is 2. The number of nitrogens with one attached hydrogen (secondary N) is 2. The Kier molecular flexibility index (Phi) is 4.81. The monoisotopic (exact) mass is 346 g/mol. The van der Waals surface area contributed by atoms with Crippen molar-refractivity contribution in [1.82, 2.24) is 10.6 Å². The van der Waals surface area contributed by atoms with E-state index in [0.717, 1.165) is 0 Å². The Balaban J connectivity index is 1.90. The highest BCUT2D eigenvalue weighted by atomic mass is 35.5. The maximum Gasteiger partial charge on any atom is 0.243 e. The van der Waals surface area contributed by atoms with E-state index in [0.29, 0.717) is 29.0 Å². The van der Waals surface area contributed by atoms with E-state index in [4.69, 9.17) is 11.6 Å². The normalized spacial score (nSPS) is 18.1. The van der Waals surface area contributed by atoms with Crippen LogP contribution in [0.5, 0.6) is 0 Å². The average Bonchev–Trinajstić information content (AvgIpc) is 3.01. The third-order valence-corrected chi connectivity index (χ3v) is 4.36. The van der Waals surface area contributed by atoms with Gasteiger partial charge in [0.1, 0.15) is 11.9 Å². The summed E-state index contributed by atoms with van der Waals surface area (Å²) < 4.78 is 13.2. The minimum atomic E-state index is -0.553. The van der Waals surface area contributed by atoms with Crippen LogP contribution in [-0.4, -0.2) is 17.9 Å². The molecule has 2 atom stereocenters. The topological polar surface area (TPSA) is 58.2 Å². The van der Waals surface area contributed by atoms with Crippen molar-refractivity contribution in [3.63, 3.8) is 0 Å². The Morgan fingerprint density at radius 2 is 1.92 bits per heavy atom. The summed E-state index contributed by atoms with van der Waals surface area (Å²) in [7, 11) is 0. The molecule has 2 amide bonds. The summed E-state index contributed by atoms with van der Waals surface area (Å²) in [6.45, 7) is 0. The molecular weight excluding hydrogens is 331 g/mol. The lowest BCUT2D eigenvalue weighted by atomic mass is 9.98. The van der Waals surface area contributed by atoms with Crippen LogP contribution in [0.25, 0.3) is 0 Å². The zero-order valence-corrected chi connectivity index (χ0v) is 13.5. The first-order valence-corrected chi connectivity index (χ1v) is 8.02. The second kappa shape index (κ2) is 7.01. The van der Waals surface area contributed by atoms with Crippen LogP contribution >= 0.6 is 11.6 Å². The molecule has 0 aliphatic carbocycles. The molecule has 1 saturated heterocycles. The molecule has 4 nitrogen and oxygen atoms in total. The van der Waals surface area contributed by atoms with E-state index in [-0.39, 0.29) is 17.6 Å². The molecule has 3 rings (SSSR count). The summed E-state index contributed by atoms with van der Waals surface area (Å²) >= 11 is 6.27. The third kappa shape index (κ3) is 3.57. The highest BCUT2D eigenvalue weighted by Gasteiger charge is 2.29. The van der Waals surface area contributed by atoms with E-state index in [1.807, 2.05) is 12.1 Å². The van der Waals surface area contributed by atoms with E-state index in [1.54, 1.807) is 24.3 Å². The van der Waals surface area contributed by atoms with Crippen LogP contribution in [0.1, 0.15) is 30.0 Å². The van der Waals surface area contributed by atoms with Crippen molar-refractivity contribution in [2.75, 3.05) is 0 Å². The van der Waals surface area contributed by atoms with Crippen LogP contribution < -0.4 is 10.6 Å². The molecule has 2 N–H and O–H groups in total. The highest BCUT2D eigenvalue weighted by Crippen LogP contribution is 2.28. The molecule has 0 unspecified atom stereocenters. The molecule has 2 aromatic carbocycles. The van der Waals surface area contributed by atoms with Gasteiger partial charge in [0.05, 0.1) is 6.04 Å². The van der Waals surface area contributed by atoms with Gasteiger partial charge in [-0.1, -0.05) is 41.9 Å². The van der Waals surface area contributed by atoms with Crippen molar-refractivity contribution in [2.45, 2.75) is 24.9 Å². The lowest BCUT2D eigenvalue weighted by Gasteiger charge is -2.23. The van der Waals surface area contributed by atoms with E-state index < -0.39 is 12.1 Å². The molecule has 1 heterocycles. The van der Waals surface area contributed by atoms with Gasteiger partial charge in [-0.3, -0.25) is 9.59 Å². The van der Waals surface area contributed by atoms with Gasteiger partial charge in [0.15, 0.2) is 0 Å². The van der Waals surface area contributed by atoms with Gasteiger partial charge in [0.2, 0.25) is 11.8 Å². The fourth-order valence-electron chi connectivity index (χ4n) is 2.76. The molecular formula is C18H16ClFN2O2. The number of benzene rings is 2. The fourth-order valence-corrected chi connectivity index (χ4v) is 3.00. The number of hydrogen-bond donors (Lipinski definition) is 2. The molecule has 6 heteroatoms. The van der Waals surface area contributed by atoms with E-state index in [1.165, 1.54) is 12.1 Å². The molecule has 0 aromatic heterocycles. The van der Waals surface area contributed by atoms with Crippen LogP contribution in [0.4, 0.5) is 4.39 Å². The number of rotatable bonds is 4.